The molecule has 0 bridgehead atoms. The lowest BCUT2D eigenvalue weighted by Crippen LogP contribution is -1.97. The van der Waals surface area contributed by atoms with Crippen molar-refractivity contribution >= 4 is 6.08 Å². The van der Waals surface area contributed by atoms with E-state index in [1.807, 2.05) is 0 Å². The average molecular weight is 197 g/mol. The molecule has 0 aliphatic heterocycles. The number of nitrogens with zero attached hydrogens (tertiary/aromatic N) is 1. The highest BCUT2D eigenvalue weighted by Gasteiger charge is 2.04. The van der Waals surface area contributed by atoms with Crippen LogP contribution in [0.3, 0.4) is 0 Å². The van der Waals surface area contributed by atoms with Gasteiger partial charge in [-0.1, -0.05) is 24.3 Å². The summed E-state index contributed by atoms with van der Waals surface area (Å²) in [7, 11) is 0. The molecular weight excluding hydrogens is 188 g/mol. The maximum atomic E-state index is 12.0. The highest BCUT2D eigenvalue weighted by atomic mass is 19.3. The smallest absolute Gasteiger partial charge is 0.211 e. The van der Waals surface area contributed by atoms with Crippen LogP contribution in [0.5, 0.6) is 0 Å². The molecule has 0 amide bonds. The van der Waals surface area contributed by atoms with Crippen LogP contribution in [0.25, 0.3) is 0 Å². The Morgan fingerprint density at radius 3 is 2.71 bits per heavy atom. The van der Waals surface area contributed by atoms with Gasteiger partial charge in [0.05, 0.1) is 6.54 Å². The zero-order valence-electron chi connectivity index (χ0n) is 7.41. The number of halogens is 2. The monoisotopic (exact) mass is 197 g/mol. The van der Waals surface area contributed by atoms with Gasteiger partial charge in [0.25, 0.3) is 0 Å². The molecule has 0 radical (unpaired) electrons. The molecule has 74 valence electrons. The maximum Gasteiger partial charge on any atom is 0.242 e. The number of hydrogen-bond acceptors (Lipinski definition) is 2. The summed E-state index contributed by atoms with van der Waals surface area (Å²) in [5.74, 6) is 0. The first-order chi connectivity index (χ1) is 6.72. The number of benzene rings is 1. The first kappa shape index (κ1) is 10.5. The van der Waals surface area contributed by atoms with Crippen molar-refractivity contribution < 1.29 is 13.6 Å². The number of alkyl halides is 2. The third kappa shape index (κ3) is 3.46. The second-order valence-electron chi connectivity index (χ2n) is 2.82. The Morgan fingerprint density at radius 2 is 2.07 bits per heavy atom. The second-order valence-corrected chi connectivity index (χ2v) is 2.82. The van der Waals surface area contributed by atoms with Gasteiger partial charge in [-0.25, -0.2) is 18.6 Å². The maximum absolute atomic E-state index is 12.0. The summed E-state index contributed by atoms with van der Waals surface area (Å²) >= 11 is 0. The molecule has 0 saturated carbocycles. The van der Waals surface area contributed by atoms with Gasteiger partial charge in [-0.05, 0) is 11.1 Å². The quantitative estimate of drug-likeness (QED) is 0.538. The van der Waals surface area contributed by atoms with Gasteiger partial charge in [0.2, 0.25) is 12.5 Å². The zero-order chi connectivity index (χ0) is 10.4. The van der Waals surface area contributed by atoms with E-state index in [0.717, 1.165) is 5.56 Å². The fraction of sp³-hybridized carbons (Fsp3) is 0.300. The van der Waals surface area contributed by atoms with Crippen molar-refractivity contribution in [1.82, 2.24) is 0 Å². The molecule has 14 heavy (non-hydrogen) atoms. The molecule has 1 rings (SSSR count). The van der Waals surface area contributed by atoms with Gasteiger partial charge in [-0.2, -0.15) is 0 Å². The first-order valence-electron chi connectivity index (χ1n) is 4.12. The van der Waals surface area contributed by atoms with Crippen LogP contribution >= 0.6 is 0 Å². The summed E-state index contributed by atoms with van der Waals surface area (Å²) in [4.78, 5) is 13.2. The standard InChI is InChI=1S/C10H9F2NO/c11-10(12)5-8-2-1-3-9(4-8)6-13-7-14/h1-4,10H,5-6H2. The van der Waals surface area contributed by atoms with E-state index in [1.54, 1.807) is 24.3 Å². The minimum absolute atomic E-state index is 0.195. The summed E-state index contributed by atoms with van der Waals surface area (Å²) < 4.78 is 24.0. The number of rotatable bonds is 4. The molecule has 0 aliphatic rings. The third-order valence-electron chi connectivity index (χ3n) is 1.71. The lowest BCUT2D eigenvalue weighted by atomic mass is 10.1. The van der Waals surface area contributed by atoms with E-state index in [-0.39, 0.29) is 13.0 Å². The highest BCUT2D eigenvalue weighted by molar-refractivity contribution is 5.34. The molecule has 1 aromatic carbocycles. The van der Waals surface area contributed by atoms with Crippen molar-refractivity contribution in [2.24, 2.45) is 4.99 Å². The molecule has 0 spiro atoms. The van der Waals surface area contributed by atoms with Crippen molar-refractivity contribution in [2.75, 3.05) is 0 Å². The van der Waals surface area contributed by atoms with Crippen LogP contribution in [-0.4, -0.2) is 12.5 Å². The summed E-state index contributed by atoms with van der Waals surface area (Å²) in [5, 5.41) is 0. The fourth-order valence-corrected chi connectivity index (χ4v) is 1.16. The second kappa shape index (κ2) is 5.25. The summed E-state index contributed by atoms with van der Waals surface area (Å²) in [6, 6.07) is 6.65. The Labute approximate surface area is 80.3 Å². The van der Waals surface area contributed by atoms with Crippen LogP contribution in [0.2, 0.25) is 0 Å². The molecule has 1 aromatic rings. The number of carbonyl (C=O) groups excluding carboxylic acids is 1. The van der Waals surface area contributed by atoms with Crippen LogP contribution in [0.1, 0.15) is 11.1 Å². The summed E-state index contributed by atoms with van der Waals surface area (Å²) in [6.07, 6.45) is -1.21. The molecule has 4 heteroatoms. The van der Waals surface area contributed by atoms with Crippen LogP contribution in [0.15, 0.2) is 29.3 Å². The molecule has 0 aromatic heterocycles. The van der Waals surface area contributed by atoms with Gasteiger partial charge in [-0.3, -0.25) is 0 Å². The minimum atomic E-state index is -2.35. The van der Waals surface area contributed by atoms with Crippen molar-refractivity contribution in [3.05, 3.63) is 35.4 Å². The van der Waals surface area contributed by atoms with Gasteiger partial charge in [-0.15, -0.1) is 0 Å². The van der Waals surface area contributed by atoms with E-state index in [4.69, 9.17) is 0 Å². The van der Waals surface area contributed by atoms with Crippen LogP contribution in [-0.2, 0) is 17.8 Å². The molecule has 0 aliphatic carbocycles. The minimum Gasteiger partial charge on any atom is -0.211 e. The molecule has 0 unspecified atom stereocenters. The molecule has 0 N–H and O–H groups in total. The largest absolute Gasteiger partial charge is 0.242 e. The normalized spacial score (nSPS) is 9.93. The molecule has 0 atom stereocenters. The van der Waals surface area contributed by atoms with Gasteiger partial charge in [0, 0.05) is 6.42 Å². The molecule has 0 fully saturated rings. The van der Waals surface area contributed by atoms with Gasteiger partial charge in [0.15, 0.2) is 0 Å². The van der Waals surface area contributed by atoms with E-state index in [0.29, 0.717) is 5.56 Å². The predicted molar refractivity (Wildman–Crippen MR) is 48.0 cm³/mol. The molecular formula is C10H9F2NO. The lowest BCUT2D eigenvalue weighted by Gasteiger charge is -2.01. The van der Waals surface area contributed by atoms with Gasteiger partial charge in [0.1, 0.15) is 0 Å². The van der Waals surface area contributed by atoms with E-state index in [1.165, 1.54) is 6.08 Å². The van der Waals surface area contributed by atoms with E-state index in [2.05, 4.69) is 4.99 Å². The molecule has 0 saturated heterocycles. The topological polar surface area (TPSA) is 29.4 Å². The average Bonchev–Trinajstić information content (AvgIpc) is 2.14. The van der Waals surface area contributed by atoms with Crippen LogP contribution in [0, 0.1) is 0 Å². The zero-order valence-corrected chi connectivity index (χ0v) is 7.41. The Kier molecular flexibility index (Phi) is 3.95. The van der Waals surface area contributed by atoms with Crippen molar-refractivity contribution in [3.8, 4) is 0 Å². The summed E-state index contributed by atoms with van der Waals surface area (Å²) in [5.41, 5.74) is 1.30. The molecule has 2 nitrogen and oxygen atoms in total. The van der Waals surface area contributed by atoms with Crippen molar-refractivity contribution in [2.45, 2.75) is 19.4 Å². The Morgan fingerprint density at radius 1 is 1.36 bits per heavy atom. The Balaban J connectivity index is 2.73. The Hall–Kier alpha value is -1.54. The van der Waals surface area contributed by atoms with Gasteiger partial charge >= 0.3 is 0 Å². The van der Waals surface area contributed by atoms with Crippen molar-refractivity contribution in [1.29, 1.82) is 0 Å². The van der Waals surface area contributed by atoms with E-state index in [9.17, 15) is 13.6 Å². The number of aliphatic imine (C=N–C) groups is 1. The fourth-order valence-electron chi connectivity index (χ4n) is 1.16. The predicted octanol–water partition coefficient (Wildman–Crippen LogP) is 2.33. The van der Waals surface area contributed by atoms with Crippen molar-refractivity contribution in [3.63, 3.8) is 0 Å². The highest BCUT2D eigenvalue weighted by Crippen LogP contribution is 2.10. The third-order valence-corrected chi connectivity index (χ3v) is 1.71. The number of isocyanates is 1. The lowest BCUT2D eigenvalue weighted by molar-refractivity contribution is 0.149. The number of hydrogen-bond donors (Lipinski definition) is 0. The van der Waals surface area contributed by atoms with E-state index >= 15 is 0 Å². The summed E-state index contributed by atoms with van der Waals surface area (Å²) in [6.45, 7) is 0.195. The SMILES string of the molecule is O=C=NCc1cccc(CC(F)F)c1. The van der Waals surface area contributed by atoms with E-state index < -0.39 is 6.43 Å². The first-order valence-corrected chi connectivity index (χ1v) is 4.12. The Bertz CT molecular complexity index is 346. The molecule has 0 heterocycles. The van der Waals surface area contributed by atoms with Gasteiger partial charge < -0.3 is 0 Å². The van der Waals surface area contributed by atoms with Crippen LogP contribution in [0.4, 0.5) is 8.78 Å². The van der Waals surface area contributed by atoms with Crippen LogP contribution < -0.4 is 0 Å².